The largest absolute Gasteiger partial charge is 0.416 e. The molecule has 2 aromatic rings. The van der Waals surface area contributed by atoms with Crippen molar-refractivity contribution in [1.29, 1.82) is 0 Å². The molecule has 2 heterocycles. The van der Waals surface area contributed by atoms with E-state index in [1.807, 2.05) is 4.90 Å². The number of rotatable bonds is 8. The molecule has 1 aliphatic heterocycles. The lowest BCUT2D eigenvalue weighted by Crippen LogP contribution is -2.50. The molecular formula is C23H28F3N5O2. The standard InChI is InChI=1S/C23H28F3N5O2/c24-23(25,26)18-7-4-16(5-8-18)12-19(30-21(32)15-31-10-2-1-3-11-31)22(33)29-14-17-6-9-20(27)28-13-17/h4-9,13,19H,1-3,10-12,14-15H2,(H2,27,28)(H,29,33)(H,30,32). The van der Waals surface area contributed by atoms with Gasteiger partial charge in [-0.25, -0.2) is 4.98 Å². The minimum absolute atomic E-state index is 0.0652. The second-order valence-electron chi connectivity index (χ2n) is 8.16. The number of piperidine rings is 1. The number of aromatic nitrogens is 1. The molecule has 0 bridgehead atoms. The molecular weight excluding hydrogens is 435 g/mol. The van der Waals surface area contributed by atoms with Crippen molar-refractivity contribution in [2.75, 3.05) is 25.4 Å². The molecule has 1 saturated heterocycles. The number of carbonyl (C=O) groups is 2. The van der Waals surface area contributed by atoms with E-state index in [0.29, 0.717) is 11.4 Å². The smallest absolute Gasteiger partial charge is 0.384 e. The molecule has 1 aliphatic rings. The summed E-state index contributed by atoms with van der Waals surface area (Å²) in [5.41, 5.74) is 6.04. The normalized spacial score (nSPS) is 15.6. The lowest BCUT2D eigenvalue weighted by molar-refractivity contribution is -0.137. The first kappa shape index (κ1) is 24.5. The van der Waals surface area contributed by atoms with Crippen molar-refractivity contribution in [2.45, 2.75) is 44.4 Å². The Hall–Kier alpha value is -3.14. The Bertz CT molecular complexity index is 927. The minimum Gasteiger partial charge on any atom is -0.384 e. The number of pyridine rings is 1. The van der Waals surface area contributed by atoms with Crippen molar-refractivity contribution in [3.8, 4) is 0 Å². The SMILES string of the molecule is Nc1ccc(CNC(=O)C(Cc2ccc(C(F)(F)F)cc2)NC(=O)CN2CCCCC2)cn1. The van der Waals surface area contributed by atoms with E-state index in [0.717, 1.165) is 50.0 Å². The molecule has 10 heteroatoms. The fraction of sp³-hybridized carbons (Fsp3) is 0.435. The zero-order chi connectivity index (χ0) is 23.8. The molecule has 0 saturated carbocycles. The van der Waals surface area contributed by atoms with Gasteiger partial charge in [0.15, 0.2) is 0 Å². The van der Waals surface area contributed by atoms with Crippen molar-refractivity contribution >= 4 is 17.6 Å². The van der Waals surface area contributed by atoms with Gasteiger partial charge in [-0.3, -0.25) is 14.5 Å². The van der Waals surface area contributed by atoms with Crippen molar-refractivity contribution in [1.82, 2.24) is 20.5 Å². The Balaban J connectivity index is 1.66. The van der Waals surface area contributed by atoms with Crippen LogP contribution in [0.4, 0.5) is 19.0 Å². The molecule has 1 unspecified atom stereocenters. The number of amides is 2. The Morgan fingerprint density at radius 1 is 1.03 bits per heavy atom. The number of hydrogen-bond acceptors (Lipinski definition) is 5. The first-order valence-corrected chi connectivity index (χ1v) is 10.9. The number of nitrogens with zero attached hydrogens (tertiary/aromatic N) is 2. The highest BCUT2D eigenvalue weighted by Crippen LogP contribution is 2.29. The molecule has 0 radical (unpaired) electrons. The van der Waals surface area contributed by atoms with Gasteiger partial charge < -0.3 is 16.4 Å². The highest BCUT2D eigenvalue weighted by atomic mass is 19.4. The third kappa shape index (κ3) is 7.74. The Morgan fingerprint density at radius 2 is 1.70 bits per heavy atom. The van der Waals surface area contributed by atoms with Gasteiger partial charge in [0, 0.05) is 19.2 Å². The predicted molar refractivity (Wildman–Crippen MR) is 118 cm³/mol. The topological polar surface area (TPSA) is 100 Å². The maximum Gasteiger partial charge on any atom is 0.416 e. The van der Waals surface area contributed by atoms with E-state index in [-0.39, 0.29) is 25.4 Å². The number of carbonyl (C=O) groups excluding carboxylic acids is 2. The van der Waals surface area contributed by atoms with Gasteiger partial charge in [0.25, 0.3) is 0 Å². The number of halogens is 3. The number of nitrogens with one attached hydrogen (secondary N) is 2. The van der Waals surface area contributed by atoms with Crippen molar-refractivity contribution in [3.05, 3.63) is 59.3 Å². The first-order chi connectivity index (χ1) is 15.7. The molecule has 3 rings (SSSR count). The first-order valence-electron chi connectivity index (χ1n) is 10.9. The zero-order valence-electron chi connectivity index (χ0n) is 18.2. The minimum atomic E-state index is -4.44. The van der Waals surface area contributed by atoms with E-state index >= 15 is 0 Å². The summed E-state index contributed by atoms with van der Waals surface area (Å²) >= 11 is 0. The molecule has 4 N–H and O–H groups in total. The van der Waals surface area contributed by atoms with Crippen LogP contribution in [0, 0.1) is 0 Å². The number of nitrogens with two attached hydrogens (primary N) is 1. The number of hydrogen-bond donors (Lipinski definition) is 3. The van der Waals surface area contributed by atoms with Crippen LogP contribution in [0.1, 0.15) is 36.0 Å². The molecule has 0 aliphatic carbocycles. The number of benzene rings is 1. The lowest BCUT2D eigenvalue weighted by Gasteiger charge is -2.27. The van der Waals surface area contributed by atoms with E-state index in [4.69, 9.17) is 5.73 Å². The molecule has 2 amide bonds. The van der Waals surface area contributed by atoms with Crippen molar-refractivity contribution < 1.29 is 22.8 Å². The Morgan fingerprint density at radius 3 is 2.30 bits per heavy atom. The molecule has 7 nitrogen and oxygen atoms in total. The molecule has 178 valence electrons. The number of anilines is 1. The van der Waals surface area contributed by atoms with Gasteiger partial charge in [-0.2, -0.15) is 13.2 Å². The summed E-state index contributed by atoms with van der Waals surface area (Å²) in [4.78, 5) is 31.5. The molecule has 1 atom stereocenters. The fourth-order valence-electron chi connectivity index (χ4n) is 3.69. The van der Waals surface area contributed by atoms with Crippen molar-refractivity contribution in [2.24, 2.45) is 0 Å². The second kappa shape index (κ2) is 11.1. The van der Waals surface area contributed by atoms with Gasteiger partial charge >= 0.3 is 6.18 Å². The van der Waals surface area contributed by atoms with Crippen LogP contribution in [0.25, 0.3) is 0 Å². The molecule has 1 aromatic carbocycles. The number of alkyl halides is 3. The monoisotopic (exact) mass is 463 g/mol. The highest BCUT2D eigenvalue weighted by Gasteiger charge is 2.30. The van der Waals surface area contributed by atoms with Crippen LogP contribution in [-0.2, 0) is 28.7 Å². The summed E-state index contributed by atoms with van der Waals surface area (Å²) in [6.07, 6.45) is 0.351. The van der Waals surface area contributed by atoms with Crippen molar-refractivity contribution in [3.63, 3.8) is 0 Å². The summed E-state index contributed by atoms with van der Waals surface area (Å²) in [5.74, 6) is -0.368. The molecule has 33 heavy (non-hydrogen) atoms. The van der Waals surface area contributed by atoms with E-state index in [1.54, 1.807) is 12.1 Å². The Kier molecular flexibility index (Phi) is 8.26. The van der Waals surface area contributed by atoms with Gasteiger partial charge in [-0.1, -0.05) is 24.6 Å². The Labute approximate surface area is 190 Å². The fourth-order valence-corrected chi connectivity index (χ4v) is 3.69. The summed E-state index contributed by atoms with van der Waals surface area (Å²) in [6, 6.07) is 7.00. The third-order valence-electron chi connectivity index (χ3n) is 5.50. The number of likely N-dealkylation sites (tertiary alicyclic amines) is 1. The van der Waals surface area contributed by atoms with E-state index in [1.165, 1.54) is 18.3 Å². The molecule has 0 spiro atoms. The second-order valence-corrected chi connectivity index (χ2v) is 8.16. The van der Waals surface area contributed by atoms with Crippen LogP contribution in [0.5, 0.6) is 0 Å². The molecule has 1 fully saturated rings. The van der Waals surface area contributed by atoms with Gasteiger partial charge in [0.2, 0.25) is 11.8 Å². The summed E-state index contributed by atoms with van der Waals surface area (Å²) in [7, 11) is 0. The van der Waals surface area contributed by atoms with Crippen LogP contribution in [0.2, 0.25) is 0 Å². The highest BCUT2D eigenvalue weighted by molar-refractivity contribution is 5.88. The van der Waals surface area contributed by atoms with Crippen LogP contribution in [-0.4, -0.2) is 47.4 Å². The quantitative estimate of drug-likeness (QED) is 0.559. The van der Waals surface area contributed by atoms with Crippen LogP contribution in [0.3, 0.4) is 0 Å². The van der Waals surface area contributed by atoms with Gasteiger partial charge in [0.05, 0.1) is 12.1 Å². The lowest BCUT2D eigenvalue weighted by atomic mass is 10.0. The summed E-state index contributed by atoms with van der Waals surface area (Å²) in [6.45, 7) is 2.01. The number of nitrogen functional groups attached to an aromatic ring is 1. The molecule has 1 aromatic heterocycles. The van der Waals surface area contributed by atoms with Gasteiger partial charge in [0.1, 0.15) is 11.9 Å². The van der Waals surface area contributed by atoms with E-state index < -0.39 is 23.7 Å². The average Bonchev–Trinajstić information content (AvgIpc) is 2.78. The van der Waals surface area contributed by atoms with Crippen LogP contribution >= 0.6 is 0 Å². The van der Waals surface area contributed by atoms with E-state index in [9.17, 15) is 22.8 Å². The maximum atomic E-state index is 12.9. The van der Waals surface area contributed by atoms with Gasteiger partial charge in [-0.15, -0.1) is 0 Å². The van der Waals surface area contributed by atoms with Crippen LogP contribution < -0.4 is 16.4 Å². The zero-order valence-corrected chi connectivity index (χ0v) is 18.2. The third-order valence-corrected chi connectivity index (χ3v) is 5.50. The predicted octanol–water partition coefficient (Wildman–Crippen LogP) is 2.51. The average molecular weight is 464 g/mol. The summed E-state index contributed by atoms with van der Waals surface area (Å²) < 4.78 is 38.6. The van der Waals surface area contributed by atoms with Gasteiger partial charge in [-0.05, 0) is 55.3 Å². The summed E-state index contributed by atoms with van der Waals surface area (Å²) in [5, 5.41) is 5.51. The van der Waals surface area contributed by atoms with Crippen LogP contribution in [0.15, 0.2) is 42.6 Å². The van der Waals surface area contributed by atoms with E-state index in [2.05, 4.69) is 15.6 Å². The maximum absolute atomic E-state index is 12.9.